The molecule has 0 saturated heterocycles. The van der Waals surface area contributed by atoms with Crippen molar-refractivity contribution in [1.29, 1.82) is 0 Å². The Balaban J connectivity index is 0.000000107. The van der Waals surface area contributed by atoms with Gasteiger partial charge in [0, 0.05) is 171 Å². The van der Waals surface area contributed by atoms with Gasteiger partial charge in [-0.3, -0.25) is 24.5 Å². The molecule has 0 N–H and O–H groups in total. The number of pyridine rings is 4. The number of para-hydroxylation sites is 4. The highest BCUT2D eigenvalue weighted by Gasteiger charge is 2.32. The Morgan fingerprint density at radius 2 is 0.689 bits per heavy atom. The first kappa shape index (κ1) is 74.5. The first-order valence-electron chi connectivity index (χ1n) is 44.1. The average Bonchev–Trinajstić information content (AvgIpc) is 1.48. The minimum Gasteiger partial charge on any atom is -0.464 e. The SMILES string of the molecule is c1ccc2c(c1)-c1cc(-c3ncc4c(n3)oc3ccccc34)ccc1-c1occc1-c1cccnc1-2.c1ccc2c(c1)-c1cc(-n3c4ccccc4c4cncnc43)ccc1-c1sccc1-c1cccnc1-2.c1ccc2c(c1)-c1ccccc1-c1cc(-n3c4ccccc4c4ccccc43)ccc1-c1ccc(-n3cc4c(c3)-c3cccnc3-c3ncccc3-c3ccccc3-4)cc1-2. The van der Waals surface area contributed by atoms with E-state index in [4.69, 9.17) is 38.7 Å². The molecule has 0 bridgehead atoms. The Morgan fingerprint density at radius 3 is 1.30 bits per heavy atom. The Bertz CT molecular complexity index is 8920. The van der Waals surface area contributed by atoms with Gasteiger partial charge in [-0.1, -0.05) is 243 Å². The molecule has 0 spiro atoms. The van der Waals surface area contributed by atoms with Gasteiger partial charge in [0.2, 0.25) is 5.71 Å². The van der Waals surface area contributed by atoms with Crippen molar-refractivity contribution >= 4 is 77.1 Å². The highest BCUT2D eigenvalue weighted by atomic mass is 32.1. The summed E-state index contributed by atoms with van der Waals surface area (Å²) in [5, 5.41) is 8.83. The number of furan rings is 2. The van der Waals surface area contributed by atoms with Crippen LogP contribution in [0.1, 0.15) is 0 Å². The lowest BCUT2D eigenvalue weighted by atomic mass is 9.80. The van der Waals surface area contributed by atoms with Crippen LogP contribution in [0.25, 0.3) is 272 Å². The molecule has 0 unspecified atom stereocenters. The first-order valence-corrected chi connectivity index (χ1v) is 45.0. The molecule has 0 aliphatic heterocycles. The highest BCUT2D eigenvalue weighted by Crippen LogP contribution is 2.55. The van der Waals surface area contributed by atoms with Crippen LogP contribution in [0, 0.1) is 0 Å². The summed E-state index contributed by atoms with van der Waals surface area (Å²) >= 11 is 1.78. The third-order valence-electron chi connectivity index (χ3n) is 26.6. The van der Waals surface area contributed by atoms with Crippen LogP contribution in [0.2, 0.25) is 0 Å². The summed E-state index contributed by atoms with van der Waals surface area (Å²) in [6, 6.07) is 125. The van der Waals surface area contributed by atoms with Crippen LogP contribution in [0.15, 0.2) is 428 Å². The second kappa shape index (κ2) is 30.0. The van der Waals surface area contributed by atoms with Crippen LogP contribution in [0.3, 0.4) is 0 Å². The van der Waals surface area contributed by atoms with Gasteiger partial charge in [-0.2, -0.15) is 4.98 Å². The first-order chi connectivity index (χ1) is 65.5. The summed E-state index contributed by atoms with van der Waals surface area (Å²) in [6.07, 6.45) is 19.2. The van der Waals surface area contributed by atoms with Crippen LogP contribution in [0.5, 0.6) is 0 Å². The fraction of sp³-hybridized carbons (Fsp3) is 0. The summed E-state index contributed by atoms with van der Waals surface area (Å²) in [7, 11) is 0. The molecule has 13 nitrogen and oxygen atoms in total. The Kier molecular flexibility index (Phi) is 16.9. The van der Waals surface area contributed by atoms with Crippen molar-refractivity contribution in [3.05, 3.63) is 419 Å². The van der Waals surface area contributed by atoms with E-state index >= 15 is 0 Å². The molecule has 12 heterocycles. The third kappa shape index (κ3) is 11.7. The van der Waals surface area contributed by atoms with Crippen molar-refractivity contribution in [2.24, 2.45) is 0 Å². The van der Waals surface area contributed by atoms with Crippen LogP contribution in [-0.2, 0) is 0 Å². The molecule has 29 rings (SSSR count). The lowest BCUT2D eigenvalue weighted by Crippen LogP contribution is -2.01. The number of fused-ring (bicyclic) bond motifs is 41. The maximum absolute atomic E-state index is 6.05. The van der Waals surface area contributed by atoms with Crippen LogP contribution < -0.4 is 0 Å². The Hall–Kier alpha value is -17.7. The monoisotopic (exact) mass is 1700 g/mol. The number of nitrogens with zero attached hydrogens (tertiary/aromatic N) is 11. The van der Waals surface area contributed by atoms with E-state index in [9.17, 15) is 0 Å². The molecule has 0 amide bonds. The van der Waals surface area contributed by atoms with E-state index in [0.29, 0.717) is 11.5 Å². The number of hydrogen-bond donors (Lipinski definition) is 0. The molecule has 614 valence electrons. The van der Waals surface area contributed by atoms with E-state index < -0.39 is 0 Å². The Labute approximate surface area is 760 Å². The molecule has 132 heavy (non-hydrogen) atoms. The maximum Gasteiger partial charge on any atom is 0.230 e. The van der Waals surface area contributed by atoms with E-state index in [0.717, 1.165) is 151 Å². The molecule has 25 aromatic rings. The van der Waals surface area contributed by atoms with Crippen molar-refractivity contribution in [3.63, 3.8) is 0 Å². The summed E-state index contributed by atoms with van der Waals surface area (Å²) in [4.78, 5) is 39.2. The molecule has 4 aliphatic rings. The van der Waals surface area contributed by atoms with Gasteiger partial charge in [-0.05, 0) is 192 Å². The molecule has 0 saturated carbocycles. The second-order valence-electron chi connectivity index (χ2n) is 33.6. The minimum atomic E-state index is 0.583. The normalized spacial score (nSPS) is 11.9. The van der Waals surface area contributed by atoms with E-state index in [1.807, 2.05) is 97.8 Å². The fourth-order valence-electron chi connectivity index (χ4n) is 20.8. The van der Waals surface area contributed by atoms with E-state index in [1.54, 1.807) is 23.9 Å². The lowest BCUT2D eigenvalue weighted by molar-refractivity contribution is 0.583. The van der Waals surface area contributed by atoms with Gasteiger partial charge in [-0.25, -0.2) is 15.0 Å². The minimum absolute atomic E-state index is 0.583. The second-order valence-corrected chi connectivity index (χ2v) is 34.5. The summed E-state index contributed by atoms with van der Waals surface area (Å²) in [5.41, 5.74) is 43.8. The number of hydrogen-bond acceptors (Lipinski definition) is 11. The number of thiophene rings is 1. The molecule has 13 aromatic carbocycles. The zero-order valence-electron chi connectivity index (χ0n) is 70.5. The molecule has 4 aliphatic carbocycles. The van der Waals surface area contributed by atoms with E-state index in [2.05, 4.69) is 333 Å². The van der Waals surface area contributed by atoms with Crippen molar-refractivity contribution < 1.29 is 8.83 Å². The van der Waals surface area contributed by atoms with Crippen LogP contribution >= 0.6 is 11.3 Å². The highest BCUT2D eigenvalue weighted by molar-refractivity contribution is 7.14. The van der Waals surface area contributed by atoms with Crippen LogP contribution in [0.4, 0.5) is 0 Å². The zero-order valence-corrected chi connectivity index (χ0v) is 71.3. The number of aromatic nitrogens is 11. The number of rotatable bonds is 4. The Morgan fingerprint density at radius 1 is 0.265 bits per heavy atom. The lowest BCUT2D eigenvalue weighted by Gasteiger charge is -2.24. The molecule has 0 atom stereocenters. The quantitative estimate of drug-likeness (QED) is 0.167. The summed E-state index contributed by atoms with van der Waals surface area (Å²) in [5.74, 6) is 1.44. The largest absolute Gasteiger partial charge is 0.464 e. The molecular weight excluding hydrogens is 1640 g/mol. The van der Waals surface area contributed by atoms with Gasteiger partial charge in [0.05, 0.1) is 51.0 Å². The average molecular weight is 1700 g/mol. The number of benzene rings is 13. The summed E-state index contributed by atoms with van der Waals surface area (Å²) in [6.45, 7) is 0. The van der Waals surface area contributed by atoms with Gasteiger partial charge in [0.15, 0.2) is 5.82 Å². The maximum atomic E-state index is 6.05. The predicted molar refractivity (Wildman–Crippen MR) is 534 cm³/mol. The van der Waals surface area contributed by atoms with Gasteiger partial charge in [-0.15, -0.1) is 11.3 Å². The smallest absolute Gasteiger partial charge is 0.230 e. The van der Waals surface area contributed by atoms with Crippen molar-refractivity contribution in [1.82, 2.24) is 53.6 Å². The zero-order chi connectivity index (χ0) is 86.6. The van der Waals surface area contributed by atoms with Gasteiger partial charge in [0.1, 0.15) is 23.3 Å². The molecule has 0 fully saturated rings. The summed E-state index contributed by atoms with van der Waals surface area (Å²) < 4.78 is 19.0. The molecule has 14 heteroatoms. The van der Waals surface area contributed by atoms with Gasteiger partial charge >= 0.3 is 0 Å². The van der Waals surface area contributed by atoms with Gasteiger partial charge < -0.3 is 18.0 Å². The van der Waals surface area contributed by atoms with Crippen molar-refractivity contribution in [3.8, 4) is 207 Å². The predicted octanol–water partition coefficient (Wildman–Crippen LogP) is 30.4. The topological polar surface area (TPSA) is 144 Å². The van der Waals surface area contributed by atoms with E-state index in [1.165, 1.54) is 110 Å². The van der Waals surface area contributed by atoms with Crippen molar-refractivity contribution in [2.75, 3.05) is 0 Å². The molecular formula is C118H69N11O2S. The molecule has 0 radical (unpaired) electrons. The standard InChI is InChI=1S/C56H34N4.C31H18N4S.C31H17N3O2/c1-4-16-40-37(13-1)38-14-2-5-17-41(38)50-32-36(60-53-23-9-7-19-45(53)46-20-8-10-24-54(46)60)26-28-44(50)43-27-25-35(31-49(40)43)59-33-51-42-18-6-3-15-39(42)47-21-11-29-57-55(47)56-48(52(51)34-59)22-12-30-58-56;1-2-8-22-20(6-1)26-16-19(35-28-10-4-3-7-21(28)27-17-32-18-34-31(27)35)11-12-24(26)30-25(13-15-36-30)23-9-5-14-33-29(22)23;1-2-8-21-19(6-1)25-16-18(30-33-17-26-20-7-3-4-10-27(20)36-31(26)34-30)11-12-23(25)29-24(13-15-35-29)22-9-5-14-32-28(21)22/h1-34H;1-18H;1-17H. The third-order valence-corrected chi connectivity index (χ3v) is 27.5. The molecule has 12 aromatic heterocycles. The van der Waals surface area contributed by atoms with Crippen molar-refractivity contribution in [2.45, 2.75) is 0 Å². The van der Waals surface area contributed by atoms with E-state index in [-0.39, 0.29) is 0 Å². The van der Waals surface area contributed by atoms with Crippen LogP contribution in [-0.4, -0.2) is 53.6 Å². The van der Waals surface area contributed by atoms with Gasteiger partial charge in [0.25, 0.3) is 0 Å². The fourth-order valence-corrected chi connectivity index (χ4v) is 21.7.